The number of nitrogens with one attached hydrogen (secondary N) is 2. The largest absolute Gasteiger partial charge is 0.387 e. The van der Waals surface area contributed by atoms with Crippen LogP contribution in [0.2, 0.25) is 0 Å². The van der Waals surface area contributed by atoms with Crippen LogP contribution in [-0.2, 0) is 0 Å². The zero-order chi connectivity index (χ0) is 15.1. The van der Waals surface area contributed by atoms with Crippen LogP contribution >= 0.6 is 23.1 Å². The zero-order valence-electron chi connectivity index (χ0n) is 11.7. The quantitative estimate of drug-likeness (QED) is 0.710. The smallest absolute Gasteiger partial charge is 0.319 e. The normalized spacial score (nSPS) is 11.9. The second-order valence-electron chi connectivity index (χ2n) is 4.37. The molecule has 21 heavy (non-hydrogen) atoms. The van der Waals surface area contributed by atoms with E-state index in [1.54, 1.807) is 11.8 Å². The monoisotopic (exact) mass is 322 g/mol. The van der Waals surface area contributed by atoms with Crippen LogP contribution in [-0.4, -0.2) is 23.4 Å². The van der Waals surface area contributed by atoms with Crippen molar-refractivity contribution in [2.45, 2.75) is 17.9 Å². The highest BCUT2D eigenvalue weighted by Gasteiger charge is 2.09. The van der Waals surface area contributed by atoms with Gasteiger partial charge in [-0.25, -0.2) is 4.79 Å². The molecule has 2 rings (SSSR count). The fourth-order valence-corrected chi connectivity index (χ4v) is 3.20. The number of aliphatic hydroxyl groups is 1. The molecular formula is C15H18N2O2S2. The maximum absolute atomic E-state index is 11.8. The predicted molar refractivity (Wildman–Crippen MR) is 89.1 cm³/mol. The van der Waals surface area contributed by atoms with E-state index in [-0.39, 0.29) is 12.6 Å². The van der Waals surface area contributed by atoms with Crippen molar-refractivity contribution >= 4 is 34.8 Å². The van der Waals surface area contributed by atoms with Gasteiger partial charge in [0.25, 0.3) is 0 Å². The molecule has 112 valence electrons. The Kier molecular flexibility index (Phi) is 6.10. The van der Waals surface area contributed by atoms with Gasteiger partial charge in [-0.1, -0.05) is 13.0 Å². The molecule has 0 aliphatic heterocycles. The summed E-state index contributed by atoms with van der Waals surface area (Å²) in [6, 6.07) is 9.23. The van der Waals surface area contributed by atoms with Crippen LogP contribution in [0.4, 0.5) is 10.5 Å². The molecule has 4 nitrogen and oxygen atoms in total. The summed E-state index contributed by atoms with van der Waals surface area (Å²) in [7, 11) is 0. The number of urea groups is 1. The highest BCUT2D eigenvalue weighted by atomic mass is 32.2. The number of aliphatic hydroxyl groups excluding tert-OH is 1. The third kappa shape index (κ3) is 5.08. The summed E-state index contributed by atoms with van der Waals surface area (Å²) in [6.45, 7) is 2.27. The SMILES string of the molecule is CCSc1cccc(NC(=O)NCC(O)c2ccsc2)c1. The minimum atomic E-state index is -0.677. The number of amides is 2. The number of hydrogen-bond acceptors (Lipinski definition) is 4. The van der Waals surface area contributed by atoms with Crippen molar-refractivity contribution in [1.29, 1.82) is 0 Å². The number of anilines is 1. The Bertz CT molecular complexity index is 573. The van der Waals surface area contributed by atoms with E-state index in [0.29, 0.717) is 0 Å². The molecule has 1 aromatic heterocycles. The van der Waals surface area contributed by atoms with Gasteiger partial charge in [-0.2, -0.15) is 11.3 Å². The van der Waals surface area contributed by atoms with Crippen molar-refractivity contribution < 1.29 is 9.90 Å². The molecule has 3 N–H and O–H groups in total. The van der Waals surface area contributed by atoms with Gasteiger partial charge >= 0.3 is 6.03 Å². The third-order valence-corrected chi connectivity index (χ3v) is 4.36. The maximum atomic E-state index is 11.8. The van der Waals surface area contributed by atoms with Crippen molar-refractivity contribution in [2.75, 3.05) is 17.6 Å². The average Bonchev–Trinajstić information content (AvgIpc) is 3.00. The van der Waals surface area contributed by atoms with Gasteiger partial charge in [-0.05, 0) is 46.3 Å². The van der Waals surface area contributed by atoms with E-state index < -0.39 is 6.10 Å². The van der Waals surface area contributed by atoms with Crippen molar-refractivity contribution in [1.82, 2.24) is 5.32 Å². The number of thioether (sulfide) groups is 1. The number of hydrogen-bond donors (Lipinski definition) is 3. The first-order chi connectivity index (χ1) is 10.2. The van der Waals surface area contributed by atoms with Crippen molar-refractivity contribution in [3.05, 3.63) is 46.7 Å². The van der Waals surface area contributed by atoms with Crippen LogP contribution in [0.25, 0.3) is 0 Å². The Balaban J connectivity index is 1.83. The van der Waals surface area contributed by atoms with E-state index >= 15 is 0 Å². The fraction of sp³-hybridized carbons (Fsp3) is 0.267. The summed E-state index contributed by atoms with van der Waals surface area (Å²) in [4.78, 5) is 12.9. The van der Waals surface area contributed by atoms with Crippen LogP contribution in [0.5, 0.6) is 0 Å². The van der Waals surface area contributed by atoms with E-state index in [0.717, 1.165) is 21.9 Å². The van der Waals surface area contributed by atoms with E-state index in [1.165, 1.54) is 11.3 Å². The first-order valence-electron chi connectivity index (χ1n) is 6.67. The fourth-order valence-electron chi connectivity index (χ4n) is 1.78. The number of carbonyl (C=O) groups is 1. The standard InChI is InChI=1S/C15H18N2O2S2/c1-2-21-13-5-3-4-12(8-13)17-15(19)16-9-14(18)11-6-7-20-10-11/h3-8,10,14,18H,2,9H2,1H3,(H2,16,17,19). The molecule has 1 heterocycles. The first kappa shape index (κ1) is 15.9. The maximum Gasteiger partial charge on any atom is 0.319 e. The second-order valence-corrected chi connectivity index (χ2v) is 6.49. The molecule has 0 bridgehead atoms. The number of thiophene rings is 1. The lowest BCUT2D eigenvalue weighted by atomic mass is 10.2. The van der Waals surface area contributed by atoms with Gasteiger partial charge in [0.15, 0.2) is 0 Å². The summed E-state index contributed by atoms with van der Waals surface area (Å²) in [5.74, 6) is 0.989. The van der Waals surface area contributed by atoms with Gasteiger partial charge in [0, 0.05) is 17.1 Å². The molecule has 0 saturated heterocycles. The van der Waals surface area contributed by atoms with E-state index in [2.05, 4.69) is 17.6 Å². The van der Waals surface area contributed by atoms with Gasteiger partial charge in [0.1, 0.15) is 0 Å². The molecular weight excluding hydrogens is 304 g/mol. The molecule has 1 atom stereocenters. The Hall–Kier alpha value is -1.50. The number of rotatable bonds is 6. The van der Waals surface area contributed by atoms with Crippen molar-refractivity contribution in [2.24, 2.45) is 0 Å². The molecule has 1 aromatic carbocycles. The predicted octanol–water partition coefficient (Wildman–Crippen LogP) is 3.72. The number of carbonyl (C=O) groups excluding carboxylic acids is 1. The van der Waals surface area contributed by atoms with E-state index in [4.69, 9.17) is 0 Å². The Morgan fingerprint density at radius 3 is 3.00 bits per heavy atom. The summed E-state index contributed by atoms with van der Waals surface area (Å²) in [5.41, 5.74) is 1.57. The van der Waals surface area contributed by atoms with Crippen LogP contribution < -0.4 is 10.6 Å². The van der Waals surface area contributed by atoms with Crippen LogP contribution in [0.3, 0.4) is 0 Å². The topological polar surface area (TPSA) is 61.4 Å². The minimum Gasteiger partial charge on any atom is -0.387 e. The lowest BCUT2D eigenvalue weighted by molar-refractivity contribution is 0.175. The Morgan fingerprint density at radius 1 is 1.43 bits per heavy atom. The van der Waals surface area contributed by atoms with Gasteiger partial charge in [0.05, 0.1) is 6.10 Å². The van der Waals surface area contributed by atoms with Crippen molar-refractivity contribution in [3.8, 4) is 0 Å². The van der Waals surface area contributed by atoms with Gasteiger partial charge in [0.2, 0.25) is 0 Å². The lowest BCUT2D eigenvalue weighted by Gasteiger charge is -2.12. The van der Waals surface area contributed by atoms with E-state index in [1.807, 2.05) is 41.1 Å². The molecule has 6 heteroatoms. The van der Waals surface area contributed by atoms with Crippen LogP contribution in [0, 0.1) is 0 Å². The molecule has 1 unspecified atom stereocenters. The van der Waals surface area contributed by atoms with Crippen molar-refractivity contribution in [3.63, 3.8) is 0 Å². The number of benzene rings is 1. The zero-order valence-corrected chi connectivity index (χ0v) is 13.3. The highest BCUT2D eigenvalue weighted by Crippen LogP contribution is 2.21. The summed E-state index contributed by atoms with van der Waals surface area (Å²) in [6.07, 6.45) is -0.677. The molecule has 0 spiro atoms. The molecule has 2 aromatic rings. The van der Waals surface area contributed by atoms with E-state index in [9.17, 15) is 9.90 Å². The van der Waals surface area contributed by atoms with Gasteiger partial charge in [-0.15, -0.1) is 11.8 Å². The molecule has 2 amide bonds. The Labute approximate surface area is 132 Å². The van der Waals surface area contributed by atoms with Crippen LogP contribution in [0.15, 0.2) is 46.0 Å². The van der Waals surface area contributed by atoms with Crippen LogP contribution in [0.1, 0.15) is 18.6 Å². The van der Waals surface area contributed by atoms with Gasteiger partial charge < -0.3 is 15.7 Å². The summed E-state index contributed by atoms with van der Waals surface area (Å²) < 4.78 is 0. The first-order valence-corrected chi connectivity index (χ1v) is 8.59. The molecule has 0 radical (unpaired) electrons. The van der Waals surface area contributed by atoms with Gasteiger partial charge in [-0.3, -0.25) is 0 Å². The molecule has 0 fully saturated rings. The molecule has 0 aliphatic rings. The lowest BCUT2D eigenvalue weighted by Crippen LogP contribution is -2.32. The molecule has 0 aliphatic carbocycles. The highest BCUT2D eigenvalue weighted by molar-refractivity contribution is 7.99. The third-order valence-electron chi connectivity index (χ3n) is 2.79. The Morgan fingerprint density at radius 2 is 2.29 bits per heavy atom. The molecule has 0 saturated carbocycles. The summed E-state index contributed by atoms with van der Waals surface area (Å²) in [5, 5.41) is 19.1. The minimum absolute atomic E-state index is 0.186. The summed E-state index contributed by atoms with van der Waals surface area (Å²) >= 11 is 3.24. The average molecular weight is 322 g/mol. The second kappa shape index (κ2) is 8.07.